The summed E-state index contributed by atoms with van der Waals surface area (Å²) in [7, 11) is 4.48. The Hall–Kier alpha value is -2.18. The number of imidazole rings is 1. The molecule has 7 nitrogen and oxygen atoms in total. The van der Waals surface area contributed by atoms with E-state index < -0.39 is 11.2 Å². The lowest BCUT2D eigenvalue weighted by atomic mass is 10.5. The van der Waals surface area contributed by atoms with Gasteiger partial charge in [-0.25, -0.2) is 9.78 Å². The highest BCUT2D eigenvalue weighted by Gasteiger charge is 2.15. The number of carbonyl (C=O) groups excluding carboxylic acids is 1. The van der Waals surface area contributed by atoms with Gasteiger partial charge in [-0.3, -0.25) is 18.7 Å². The van der Waals surface area contributed by atoms with E-state index in [2.05, 4.69) is 4.98 Å². The third-order valence-electron chi connectivity index (χ3n) is 2.60. The molecule has 0 aromatic carbocycles. The summed E-state index contributed by atoms with van der Waals surface area (Å²) in [5.74, 6) is 0.119. The summed E-state index contributed by atoms with van der Waals surface area (Å²) in [5, 5.41) is 0. The standard InChI is InChI=1S/C9H10N4O3/c1-11-5(4-14)10-6-7(11)12(2)9(16)13(3)8(6)15/h4H,1-3H3. The first-order valence-corrected chi connectivity index (χ1v) is 4.56. The Kier molecular flexibility index (Phi) is 2.04. The summed E-state index contributed by atoms with van der Waals surface area (Å²) in [6.07, 6.45) is 0.546. The number of aryl methyl sites for hydroxylation is 2. The Morgan fingerprint density at radius 2 is 1.69 bits per heavy atom. The van der Waals surface area contributed by atoms with Crippen molar-refractivity contribution in [1.82, 2.24) is 18.7 Å². The van der Waals surface area contributed by atoms with Gasteiger partial charge in [0.05, 0.1) is 0 Å². The molecule has 7 heteroatoms. The van der Waals surface area contributed by atoms with Crippen LogP contribution in [0.1, 0.15) is 10.6 Å². The highest BCUT2D eigenvalue weighted by Crippen LogP contribution is 2.06. The number of rotatable bonds is 1. The molecule has 2 aromatic rings. The lowest BCUT2D eigenvalue weighted by molar-refractivity contribution is 0.111. The quantitative estimate of drug-likeness (QED) is 0.567. The summed E-state index contributed by atoms with van der Waals surface area (Å²) in [5.41, 5.74) is -0.482. The second kappa shape index (κ2) is 3.16. The van der Waals surface area contributed by atoms with Crippen LogP contribution in [-0.2, 0) is 21.1 Å². The Morgan fingerprint density at radius 1 is 1.06 bits per heavy atom. The third kappa shape index (κ3) is 1.08. The normalized spacial score (nSPS) is 10.9. The van der Waals surface area contributed by atoms with Crippen LogP contribution in [0.5, 0.6) is 0 Å². The molecule has 0 saturated heterocycles. The molecule has 0 amide bonds. The fraction of sp³-hybridized carbons (Fsp3) is 0.333. The second-order valence-electron chi connectivity index (χ2n) is 3.52. The highest BCUT2D eigenvalue weighted by molar-refractivity contribution is 5.80. The van der Waals surface area contributed by atoms with Gasteiger partial charge in [-0.15, -0.1) is 0 Å². The predicted octanol–water partition coefficient (Wildman–Crippen LogP) is -1.22. The number of aldehydes is 1. The molecule has 0 aliphatic heterocycles. The molecule has 0 aliphatic carbocycles. The van der Waals surface area contributed by atoms with Gasteiger partial charge in [-0.1, -0.05) is 0 Å². The largest absolute Gasteiger partial charge is 0.332 e. The zero-order chi connectivity index (χ0) is 12.0. The molecule has 0 radical (unpaired) electrons. The zero-order valence-corrected chi connectivity index (χ0v) is 9.09. The minimum absolute atomic E-state index is 0.119. The average molecular weight is 222 g/mol. The first kappa shape index (κ1) is 10.3. The maximum Gasteiger partial charge on any atom is 0.332 e. The summed E-state index contributed by atoms with van der Waals surface area (Å²) < 4.78 is 3.67. The molecule has 0 unspecified atom stereocenters. The van der Waals surface area contributed by atoms with E-state index in [4.69, 9.17) is 0 Å². The van der Waals surface area contributed by atoms with Gasteiger partial charge in [0, 0.05) is 21.1 Å². The monoisotopic (exact) mass is 222 g/mol. The summed E-state index contributed by atoms with van der Waals surface area (Å²) >= 11 is 0. The van der Waals surface area contributed by atoms with E-state index in [0.29, 0.717) is 11.9 Å². The number of hydrogen-bond donors (Lipinski definition) is 0. The van der Waals surface area contributed by atoms with Crippen LogP contribution in [0.4, 0.5) is 0 Å². The van der Waals surface area contributed by atoms with E-state index in [-0.39, 0.29) is 11.3 Å². The molecule has 84 valence electrons. The van der Waals surface area contributed by atoms with Crippen LogP contribution in [0.25, 0.3) is 11.2 Å². The molecule has 0 atom stereocenters. The molecule has 0 fully saturated rings. The van der Waals surface area contributed by atoms with Gasteiger partial charge in [0.25, 0.3) is 5.56 Å². The van der Waals surface area contributed by atoms with E-state index >= 15 is 0 Å². The smallest absolute Gasteiger partial charge is 0.311 e. The number of carbonyl (C=O) groups is 1. The minimum Gasteiger partial charge on any atom is -0.311 e. The van der Waals surface area contributed by atoms with Crippen LogP contribution in [0, 0.1) is 0 Å². The lowest BCUT2D eigenvalue weighted by Crippen LogP contribution is -2.37. The van der Waals surface area contributed by atoms with Crippen molar-refractivity contribution in [2.45, 2.75) is 0 Å². The molecule has 0 saturated carbocycles. The second-order valence-corrected chi connectivity index (χ2v) is 3.52. The maximum atomic E-state index is 11.7. The molecule has 0 N–H and O–H groups in total. The Bertz CT molecular complexity index is 704. The average Bonchev–Trinajstić information content (AvgIpc) is 2.61. The van der Waals surface area contributed by atoms with E-state index in [1.807, 2.05) is 0 Å². The molecule has 2 heterocycles. The fourth-order valence-electron chi connectivity index (χ4n) is 1.70. The molecule has 2 aromatic heterocycles. The summed E-state index contributed by atoms with van der Waals surface area (Å²) in [4.78, 5) is 38.0. The Morgan fingerprint density at radius 3 is 2.25 bits per heavy atom. The van der Waals surface area contributed by atoms with Gasteiger partial charge in [0.2, 0.25) is 0 Å². The van der Waals surface area contributed by atoms with Gasteiger partial charge in [-0.05, 0) is 0 Å². The molecule has 0 bridgehead atoms. The van der Waals surface area contributed by atoms with Crippen molar-refractivity contribution >= 4 is 17.5 Å². The van der Waals surface area contributed by atoms with Crippen LogP contribution in [0.3, 0.4) is 0 Å². The Labute approximate surface area is 89.6 Å². The van der Waals surface area contributed by atoms with Crippen LogP contribution in [0.2, 0.25) is 0 Å². The van der Waals surface area contributed by atoms with Crippen LogP contribution in [0.15, 0.2) is 9.59 Å². The van der Waals surface area contributed by atoms with Crippen LogP contribution < -0.4 is 11.2 Å². The molecular formula is C9H10N4O3. The van der Waals surface area contributed by atoms with Crippen molar-refractivity contribution in [1.29, 1.82) is 0 Å². The fourth-order valence-corrected chi connectivity index (χ4v) is 1.70. The number of hydrogen-bond acceptors (Lipinski definition) is 4. The van der Waals surface area contributed by atoms with Crippen molar-refractivity contribution < 1.29 is 4.79 Å². The lowest BCUT2D eigenvalue weighted by Gasteiger charge is -2.04. The molecule has 0 aliphatic rings. The van der Waals surface area contributed by atoms with Gasteiger partial charge in [-0.2, -0.15) is 0 Å². The third-order valence-corrected chi connectivity index (χ3v) is 2.60. The van der Waals surface area contributed by atoms with Crippen molar-refractivity contribution in [2.75, 3.05) is 0 Å². The topological polar surface area (TPSA) is 78.9 Å². The molecule has 0 spiro atoms. The van der Waals surface area contributed by atoms with E-state index in [1.165, 1.54) is 23.2 Å². The van der Waals surface area contributed by atoms with E-state index in [9.17, 15) is 14.4 Å². The van der Waals surface area contributed by atoms with Gasteiger partial charge in [0.1, 0.15) is 5.65 Å². The van der Waals surface area contributed by atoms with Crippen molar-refractivity contribution in [3.05, 3.63) is 26.7 Å². The van der Waals surface area contributed by atoms with Crippen molar-refractivity contribution in [3.8, 4) is 0 Å². The van der Waals surface area contributed by atoms with Crippen LogP contribution in [-0.4, -0.2) is 25.0 Å². The number of fused-ring (bicyclic) bond motifs is 1. The van der Waals surface area contributed by atoms with E-state index in [0.717, 1.165) is 4.57 Å². The van der Waals surface area contributed by atoms with Gasteiger partial charge in [0.15, 0.2) is 17.6 Å². The van der Waals surface area contributed by atoms with Gasteiger partial charge >= 0.3 is 5.69 Å². The predicted molar refractivity (Wildman–Crippen MR) is 56.6 cm³/mol. The first-order chi connectivity index (χ1) is 7.49. The first-order valence-electron chi connectivity index (χ1n) is 4.56. The maximum absolute atomic E-state index is 11.7. The van der Waals surface area contributed by atoms with Crippen molar-refractivity contribution in [2.24, 2.45) is 21.1 Å². The molecule has 16 heavy (non-hydrogen) atoms. The number of aromatic nitrogens is 4. The zero-order valence-electron chi connectivity index (χ0n) is 9.09. The van der Waals surface area contributed by atoms with Gasteiger partial charge < -0.3 is 4.57 Å². The van der Waals surface area contributed by atoms with Crippen LogP contribution >= 0.6 is 0 Å². The summed E-state index contributed by atoms with van der Waals surface area (Å²) in [6, 6.07) is 0. The number of nitrogens with zero attached hydrogens (tertiary/aromatic N) is 4. The van der Waals surface area contributed by atoms with E-state index in [1.54, 1.807) is 7.05 Å². The SMILES string of the molecule is Cn1c(=O)c2nc(C=O)n(C)c2n(C)c1=O. The van der Waals surface area contributed by atoms with Crippen molar-refractivity contribution in [3.63, 3.8) is 0 Å². The highest BCUT2D eigenvalue weighted by atomic mass is 16.2. The minimum atomic E-state index is -0.498. The molecule has 2 rings (SSSR count). The summed E-state index contributed by atoms with van der Waals surface area (Å²) in [6.45, 7) is 0. The molecular weight excluding hydrogens is 212 g/mol. The Balaban J connectivity index is 3.19.